The number of nitrogens with zero attached hydrogens (tertiary/aromatic N) is 3. The summed E-state index contributed by atoms with van der Waals surface area (Å²) in [6.07, 6.45) is 2.23. The molecule has 0 spiro atoms. The van der Waals surface area contributed by atoms with Crippen LogP contribution in [0.15, 0.2) is 51.5 Å². The first-order valence-corrected chi connectivity index (χ1v) is 7.59. The van der Waals surface area contributed by atoms with Crippen LogP contribution in [0.3, 0.4) is 0 Å². The van der Waals surface area contributed by atoms with Crippen LogP contribution in [0, 0.1) is 5.82 Å². The van der Waals surface area contributed by atoms with Crippen LogP contribution in [0.2, 0.25) is 0 Å². The summed E-state index contributed by atoms with van der Waals surface area (Å²) in [5.41, 5.74) is 0.0247. The summed E-state index contributed by atoms with van der Waals surface area (Å²) < 4.78 is 24.6. The van der Waals surface area contributed by atoms with Crippen molar-refractivity contribution in [1.29, 1.82) is 0 Å². The van der Waals surface area contributed by atoms with E-state index in [2.05, 4.69) is 10.2 Å². The summed E-state index contributed by atoms with van der Waals surface area (Å²) in [7, 11) is 0. The summed E-state index contributed by atoms with van der Waals surface area (Å²) in [4.78, 5) is 14.1. The minimum atomic E-state index is -0.551. The van der Waals surface area contributed by atoms with Gasteiger partial charge in [-0.1, -0.05) is 19.1 Å². The molecule has 0 fully saturated rings. The van der Waals surface area contributed by atoms with Crippen molar-refractivity contribution >= 4 is 5.91 Å². The molecule has 1 amide bonds. The third kappa shape index (κ3) is 3.34. The van der Waals surface area contributed by atoms with E-state index in [1.165, 1.54) is 23.3 Å². The third-order valence-electron chi connectivity index (χ3n) is 3.41. The van der Waals surface area contributed by atoms with Gasteiger partial charge in [0.15, 0.2) is 5.76 Å². The quantitative estimate of drug-likeness (QED) is 0.692. The number of benzene rings is 1. The molecular formula is C17H16FN3O3. The molecule has 0 saturated heterocycles. The van der Waals surface area contributed by atoms with Gasteiger partial charge in [0.25, 0.3) is 11.8 Å². The molecule has 2 heterocycles. The van der Waals surface area contributed by atoms with E-state index in [1.54, 1.807) is 24.3 Å². The highest BCUT2D eigenvalue weighted by molar-refractivity contribution is 5.94. The number of halogens is 1. The van der Waals surface area contributed by atoms with Crippen molar-refractivity contribution in [2.24, 2.45) is 0 Å². The molecule has 1 aromatic carbocycles. The van der Waals surface area contributed by atoms with E-state index < -0.39 is 11.7 Å². The molecule has 0 aliphatic rings. The molecule has 3 rings (SSSR count). The smallest absolute Gasteiger partial charge is 0.283 e. The molecule has 0 radical (unpaired) electrons. The van der Waals surface area contributed by atoms with Gasteiger partial charge in [0.2, 0.25) is 5.89 Å². The normalized spacial score (nSPS) is 10.8. The van der Waals surface area contributed by atoms with E-state index in [1.807, 2.05) is 6.92 Å². The Morgan fingerprint density at radius 2 is 2.04 bits per heavy atom. The molecule has 0 saturated carbocycles. The van der Waals surface area contributed by atoms with Crippen molar-refractivity contribution in [2.45, 2.75) is 19.9 Å². The van der Waals surface area contributed by atoms with Crippen LogP contribution >= 0.6 is 0 Å². The zero-order chi connectivity index (χ0) is 16.9. The summed E-state index contributed by atoms with van der Waals surface area (Å²) in [5.74, 6) is -0.00124. The predicted octanol–water partition coefficient (Wildman–Crippen LogP) is 3.52. The Hall–Kier alpha value is -2.96. The second-order valence-electron chi connectivity index (χ2n) is 5.18. The summed E-state index contributed by atoms with van der Waals surface area (Å²) in [6, 6.07) is 9.31. The lowest BCUT2D eigenvalue weighted by Crippen LogP contribution is -2.32. The molecule has 0 aliphatic heterocycles. The van der Waals surface area contributed by atoms with Crippen molar-refractivity contribution < 1.29 is 18.0 Å². The van der Waals surface area contributed by atoms with Crippen molar-refractivity contribution in [1.82, 2.24) is 15.1 Å². The van der Waals surface area contributed by atoms with Crippen LogP contribution in [0.4, 0.5) is 4.39 Å². The number of rotatable bonds is 6. The molecule has 0 unspecified atom stereocenters. The Kier molecular flexibility index (Phi) is 4.69. The fourth-order valence-electron chi connectivity index (χ4n) is 2.31. The predicted molar refractivity (Wildman–Crippen MR) is 83.4 cm³/mol. The lowest BCUT2D eigenvalue weighted by molar-refractivity contribution is 0.0724. The van der Waals surface area contributed by atoms with Gasteiger partial charge in [0, 0.05) is 6.54 Å². The SMILES string of the molecule is CCCN(Cc1nnc(-c2ccco2)o1)C(=O)c1ccccc1F. The molecule has 7 heteroatoms. The van der Waals surface area contributed by atoms with E-state index in [4.69, 9.17) is 8.83 Å². The standard InChI is InChI=1S/C17H16FN3O3/c1-2-9-21(17(22)12-6-3-4-7-13(12)18)11-15-19-20-16(24-15)14-8-5-10-23-14/h3-8,10H,2,9,11H2,1H3. The zero-order valence-corrected chi connectivity index (χ0v) is 13.1. The highest BCUT2D eigenvalue weighted by Crippen LogP contribution is 2.19. The first kappa shape index (κ1) is 15.9. The Balaban J connectivity index is 1.79. The second kappa shape index (κ2) is 7.08. The first-order chi connectivity index (χ1) is 11.7. The van der Waals surface area contributed by atoms with Crippen molar-refractivity contribution in [2.75, 3.05) is 6.54 Å². The highest BCUT2D eigenvalue weighted by Gasteiger charge is 2.21. The number of furan rings is 1. The largest absolute Gasteiger partial charge is 0.459 e. The van der Waals surface area contributed by atoms with E-state index in [-0.39, 0.29) is 23.9 Å². The number of amides is 1. The van der Waals surface area contributed by atoms with Crippen molar-refractivity contribution in [3.05, 3.63) is 59.9 Å². The Bertz CT molecular complexity index is 814. The maximum absolute atomic E-state index is 13.9. The van der Waals surface area contributed by atoms with Gasteiger partial charge in [-0.25, -0.2) is 4.39 Å². The second-order valence-corrected chi connectivity index (χ2v) is 5.18. The average Bonchev–Trinajstić information content (AvgIpc) is 3.25. The Morgan fingerprint density at radius 1 is 1.21 bits per heavy atom. The molecule has 6 nitrogen and oxygen atoms in total. The molecule has 0 aliphatic carbocycles. The van der Waals surface area contributed by atoms with E-state index in [0.29, 0.717) is 12.3 Å². The fraction of sp³-hybridized carbons (Fsp3) is 0.235. The summed E-state index contributed by atoms with van der Waals surface area (Å²) in [6.45, 7) is 2.49. The fourth-order valence-corrected chi connectivity index (χ4v) is 2.31. The monoisotopic (exact) mass is 329 g/mol. The average molecular weight is 329 g/mol. The summed E-state index contributed by atoms with van der Waals surface area (Å²) in [5, 5.41) is 7.83. The van der Waals surface area contributed by atoms with E-state index >= 15 is 0 Å². The molecule has 124 valence electrons. The van der Waals surface area contributed by atoms with Gasteiger partial charge in [0.1, 0.15) is 5.82 Å². The van der Waals surface area contributed by atoms with Gasteiger partial charge in [-0.15, -0.1) is 10.2 Å². The van der Waals surface area contributed by atoms with Gasteiger partial charge < -0.3 is 13.7 Å². The van der Waals surface area contributed by atoms with Crippen LogP contribution < -0.4 is 0 Å². The maximum atomic E-state index is 13.9. The first-order valence-electron chi connectivity index (χ1n) is 7.59. The Labute approximate surface area is 137 Å². The van der Waals surface area contributed by atoms with Gasteiger partial charge in [-0.05, 0) is 30.7 Å². The van der Waals surface area contributed by atoms with Crippen molar-refractivity contribution in [3.8, 4) is 11.7 Å². The molecule has 0 N–H and O–H groups in total. The number of carbonyl (C=O) groups excluding carboxylic acids is 1. The van der Waals surface area contributed by atoms with Crippen LogP contribution in [0.25, 0.3) is 11.7 Å². The third-order valence-corrected chi connectivity index (χ3v) is 3.41. The minimum Gasteiger partial charge on any atom is -0.459 e. The Morgan fingerprint density at radius 3 is 2.75 bits per heavy atom. The highest BCUT2D eigenvalue weighted by atomic mass is 19.1. The lowest BCUT2D eigenvalue weighted by atomic mass is 10.2. The van der Waals surface area contributed by atoms with Gasteiger partial charge in [-0.3, -0.25) is 4.79 Å². The number of carbonyl (C=O) groups is 1. The van der Waals surface area contributed by atoms with Crippen LogP contribution in [0.1, 0.15) is 29.6 Å². The van der Waals surface area contributed by atoms with Crippen LogP contribution in [0.5, 0.6) is 0 Å². The summed E-state index contributed by atoms with van der Waals surface area (Å²) >= 11 is 0. The molecular weight excluding hydrogens is 313 g/mol. The van der Waals surface area contributed by atoms with E-state index in [9.17, 15) is 9.18 Å². The molecule has 0 bridgehead atoms. The van der Waals surface area contributed by atoms with Crippen LogP contribution in [-0.2, 0) is 6.54 Å². The topological polar surface area (TPSA) is 72.4 Å². The van der Waals surface area contributed by atoms with Gasteiger partial charge in [0.05, 0.1) is 18.4 Å². The number of hydrogen-bond acceptors (Lipinski definition) is 5. The van der Waals surface area contributed by atoms with Crippen molar-refractivity contribution in [3.63, 3.8) is 0 Å². The zero-order valence-electron chi connectivity index (χ0n) is 13.1. The molecule has 3 aromatic rings. The molecule has 0 atom stereocenters. The van der Waals surface area contributed by atoms with Crippen LogP contribution in [-0.4, -0.2) is 27.5 Å². The number of aromatic nitrogens is 2. The minimum absolute atomic E-state index is 0.0247. The van der Waals surface area contributed by atoms with Gasteiger partial charge in [-0.2, -0.15) is 0 Å². The molecule has 24 heavy (non-hydrogen) atoms. The lowest BCUT2D eigenvalue weighted by Gasteiger charge is -2.20. The molecule has 2 aromatic heterocycles. The van der Waals surface area contributed by atoms with Gasteiger partial charge >= 0.3 is 0 Å². The maximum Gasteiger partial charge on any atom is 0.283 e. The number of hydrogen-bond donors (Lipinski definition) is 0. The van der Waals surface area contributed by atoms with E-state index in [0.717, 1.165) is 6.42 Å².